The van der Waals surface area contributed by atoms with Crippen molar-refractivity contribution in [1.29, 1.82) is 0 Å². The van der Waals surface area contributed by atoms with Gasteiger partial charge in [0.1, 0.15) is 5.82 Å². The molecule has 24 heavy (non-hydrogen) atoms. The third-order valence-electron chi connectivity index (χ3n) is 4.67. The summed E-state index contributed by atoms with van der Waals surface area (Å²) in [5, 5.41) is 21.2. The van der Waals surface area contributed by atoms with Crippen molar-refractivity contribution in [1.82, 2.24) is 19.7 Å². The fourth-order valence-corrected chi connectivity index (χ4v) is 3.44. The topological polar surface area (TPSA) is 83.3 Å². The normalized spacial score (nSPS) is 20.0. The van der Waals surface area contributed by atoms with Crippen LogP contribution < -0.4 is 5.32 Å². The molecule has 0 bridgehead atoms. The second-order valence-corrected chi connectivity index (χ2v) is 6.45. The largest absolute Gasteiger partial charge is 0.391 e. The minimum absolute atomic E-state index is 0.169. The summed E-state index contributed by atoms with van der Waals surface area (Å²) in [5.41, 5.74) is 1.68. The van der Waals surface area contributed by atoms with E-state index in [2.05, 4.69) is 20.1 Å². The number of β-amino-alcohol motifs (C(OH)–C–C–N with tert-alkyl or cyclic N) is 1. The fourth-order valence-electron chi connectivity index (χ4n) is 3.44. The van der Waals surface area contributed by atoms with Crippen LogP contribution in [0.2, 0.25) is 0 Å². The minimum atomic E-state index is -0.422. The molecule has 2 aliphatic heterocycles. The Balaban J connectivity index is 1.51. The Bertz CT molecular complexity index is 757. The van der Waals surface area contributed by atoms with Gasteiger partial charge in [0.05, 0.1) is 6.10 Å². The van der Waals surface area contributed by atoms with Crippen molar-refractivity contribution < 1.29 is 9.90 Å². The van der Waals surface area contributed by atoms with E-state index in [0.717, 1.165) is 55.1 Å². The van der Waals surface area contributed by atoms with E-state index in [9.17, 15) is 9.90 Å². The van der Waals surface area contributed by atoms with E-state index in [-0.39, 0.29) is 6.03 Å². The van der Waals surface area contributed by atoms with Gasteiger partial charge in [-0.3, -0.25) is 0 Å². The van der Waals surface area contributed by atoms with E-state index in [1.54, 1.807) is 4.90 Å². The lowest BCUT2D eigenvalue weighted by atomic mass is 10.1. The van der Waals surface area contributed by atoms with E-state index in [4.69, 9.17) is 0 Å². The quantitative estimate of drug-likeness (QED) is 0.882. The lowest BCUT2D eigenvalue weighted by Gasteiger charge is -2.30. The van der Waals surface area contributed by atoms with Gasteiger partial charge >= 0.3 is 6.03 Å². The highest BCUT2D eigenvalue weighted by Gasteiger charge is 2.22. The lowest BCUT2D eigenvalue weighted by Crippen LogP contribution is -2.44. The Morgan fingerprint density at radius 1 is 1.25 bits per heavy atom. The van der Waals surface area contributed by atoms with Crippen LogP contribution in [0.15, 0.2) is 24.3 Å². The van der Waals surface area contributed by atoms with Crippen molar-refractivity contribution >= 4 is 11.7 Å². The van der Waals surface area contributed by atoms with Crippen LogP contribution in [-0.4, -0.2) is 50.0 Å². The van der Waals surface area contributed by atoms with E-state index in [1.165, 1.54) is 0 Å². The molecule has 7 nitrogen and oxygen atoms in total. The standard InChI is InChI=1S/C17H21N5O2/c23-14-6-2-8-21(11-14)17(24)18-13-5-1-4-12(10-13)16-20-19-15-7-3-9-22(15)16/h1,4-5,10,14,23H,2-3,6-9,11H2,(H,18,24). The lowest BCUT2D eigenvalue weighted by molar-refractivity contribution is 0.0883. The molecule has 1 saturated heterocycles. The number of carbonyl (C=O) groups excluding carboxylic acids is 1. The predicted octanol–water partition coefficient (Wildman–Crippen LogP) is 1.88. The number of aliphatic hydroxyl groups is 1. The van der Waals surface area contributed by atoms with Gasteiger partial charge in [-0.25, -0.2) is 4.79 Å². The van der Waals surface area contributed by atoms with Crippen LogP contribution in [-0.2, 0) is 13.0 Å². The number of benzene rings is 1. The molecule has 4 rings (SSSR count). The van der Waals surface area contributed by atoms with Crippen molar-refractivity contribution in [2.45, 2.75) is 38.3 Å². The second kappa shape index (κ2) is 6.24. The summed E-state index contributed by atoms with van der Waals surface area (Å²) in [4.78, 5) is 14.0. The summed E-state index contributed by atoms with van der Waals surface area (Å²) in [6.07, 6.45) is 3.25. The molecule has 2 aliphatic rings. The number of aryl methyl sites for hydroxylation is 1. The number of piperidine rings is 1. The smallest absolute Gasteiger partial charge is 0.321 e. The molecule has 2 N–H and O–H groups in total. The molecule has 2 aromatic rings. The number of rotatable bonds is 2. The molecule has 0 radical (unpaired) electrons. The van der Waals surface area contributed by atoms with Gasteiger partial charge in [-0.1, -0.05) is 12.1 Å². The molecule has 126 valence electrons. The zero-order valence-electron chi connectivity index (χ0n) is 13.5. The maximum Gasteiger partial charge on any atom is 0.321 e. The van der Waals surface area contributed by atoms with Gasteiger partial charge in [-0.15, -0.1) is 10.2 Å². The van der Waals surface area contributed by atoms with E-state index >= 15 is 0 Å². The van der Waals surface area contributed by atoms with E-state index in [0.29, 0.717) is 13.1 Å². The van der Waals surface area contributed by atoms with Gasteiger partial charge < -0.3 is 19.9 Å². The minimum Gasteiger partial charge on any atom is -0.391 e. The number of nitrogens with zero attached hydrogens (tertiary/aromatic N) is 4. The second-order valence-electron chi connectivity index (χ2n) is 6.45. The molecule has 1 aromatic heterocycles. The Morgan fingerprint density at radius 2 is 2.17 bits per heavy atom. The molecule has 0 saturated carbocycles. The summed E-state index contributed by atoms with van der Waals surface area (Å²) in [7, 11) is 0. The summed E-state index contributed by atoms with van der Waals surface area (Å²) < 4.78 is 2.14. The first-order valence-corrected chi connectivity index (χ1v) is 8.47. The van der Waals surface area contributed by atoms with Crippen LogP contribution in [0.4, 0.5) is 10.5 Å². The number of carbonyl (C=O) groups is 1. The summed E-state index contributed by atoms with van der Waals surface area (Å²) in [6, 6.07) is 7.51. The van der Waals surface area contributed by atoms with E-state index in [1.807, 2.05) is 24.3 Å². The molecule has 3 heterocycles. The van der Waals surface area contributed by atoms with Gasteiger partial charge in [0.2, 0.25) is 0 Å². The number of amides is 2. The number of fused-ring (bicyclic) bond motifs is 1. The number of anilines is 1. The predicted molar refractivity (Wildman–Crippen MR) is 89.6 cm³/mol. The number of aliphatic hydroxyl groups excluding tert-OH is 1. The van der Waals surface area contributed by atoms with Crippen molar-refractivity contribution in [2.75, 3.05) is 18.4 Å². The first kappa shape index (κ1) is 15.1. The molecular weight excluding hydrogens is 306 g/mol. The fraction of sp³-hybridized carbons (Fsp3) is 0.471. The molecular formula is C17H21N5O2. The Kier molecular flexibility index (Phi) is 3.93. The zero-order chi connectivity index (χ0) is 16.5. The maximum absolute atomic E-state index is 12.4. The molecule has 2 amide bonds. The van der Waals surface area contributed by atoms with Crippen LogP contribution in [0.3, 0.4) is 0 Å². The maximum atomic E-state index is 12.4. The molecule has 1 unspecified atom stereocenters. The number of aromatic nitrogens is 3. The molecule has 7 heteroatoms. The van der Waals surface area contributed by atoms with Gasteiger partial charge in [-0.05, 0) is 31.4 Å². The Hall–Kier alpha value is -2.41. The number of hydrogen-bond donors (Lipinski definition) is 2. The van der Waals surface area contributed by atoms with Crippen LogP contribution in [0.1, 0.15) is 25.1 Å². The SMILES string of the molecule is O=C(Nc1cccc(-c2nnc3n2CCC3)c1)N1CCCC(O)C1. The van der Waals surface area contributed by atoms with Crippen molar-refractivity contribution in [3.05, 3.63) is 30.1 Å². The number of urea groups is 1. The van der Waals surface area contributed by atoms with Crippen LogP contribution in [0, 0.1) is 0 Å². The van der Waals surface area contributed by atoms with Gasteiger partial charge in [0.15, 0.2) is 5.82 Å². The number of hydrogen-bond acceptors (Lipinski definition) is 4. The molecule has 1 atom stereocenters. The van der Waals surface area contributed by atoms with Gasteiger partial charge in [0.25, 0.3) is 0 Å². The Labute approximate surface area is 140 Å². The van der Waals surface area contributed by atoms with Crippen molar-refractivity contribution in [3.8, 4) is 11.4 Å². The number of likely N-dealkylation sites (tertiary alicyclic amines) is 1. The van der Waals surface area contributed by atoms with Crippen LogP contribution in [0.25, 0.3) is 11.4 Å². The third-order valence-corrected chi connectivity index (χ3v) is 4.67. The monoisotopic (exact) mass is 327 g/mol. The van der Waals surface area contributed by atoms with E-state index < -0.39 is 6.10 Å². The van der Waals surface area contributed by atoms with Crippen molar-refractivity contribution in [3.63, 3.8) is 0 Å². The summed E-state index contributed by atoms with van der Waals surface area (Å²) in [6.45, 7) is 2.02. The highest BCUT2D eigenvalue weighted by Crippen LogP contribution is 2.25. The molecule has 1 aromatic carbocycles. The molecule has 1 fully saturated rings. The summed E-state index contributed by atoms with van der Waals surface area (Å²) in [5.74, 6) is 1.88. The molecule has 0 spiro atoms. The van der Waals surface area contributed by atoms with Crippen LogP contribution in [0.5, 0.6) is 0 Å². The molecule has 0 aliphatic carbocycles. The Morgan fingerprint density at radius 3 is 3.04 bits per heavy atom. The van der Waals surface area contributed by atoms with Crippen molar-refractivity contribution in [2.24, 2.45) is 0 Å². The average Bonchev–Trinajstić information content (AvgIpc) is 3.18. The van der Waals surface area contributed by atoms with Crippen LogP contribution >= 0.6 is 0 Å². The highest BCUT2D eigenvalue weighted by molar-refractivity contribution is 5.90. The highest BCUT2D eigenvalue weighted by atomic mass is 16.3. The average molecular weight is 327 g/mol. The first-order chi connectivity index (χ1) is 11.7. The number of nitrogens with one attached hydrogen (secondary N) is 1. The summed E-state index contributed by atoms with van der Waals surface area (Å²) >= 11 is 0. The first-order valence-electron chi connectivity index (χ1n) is 8.47. The third kappa shape index (κ3) is 2.87. The zero-order valence-corrected chi connectivity index (χ0v) is 13.5. The van der Waals surface area contributed by atoms with Gasteiger partial charge in [0, 0.05) is 37.3 Å². The van der Waals surface area contributed by atoms with Gasteiger partial charge in [-0.2, -0.15) is 0 Å².